The standard InChI is InChI=1S/C16H18N2O4S/c1-18(11-12-6-3-4-9-15(12)19)16(20)17-13-7-5-8-14(10-13)23(2,21)22/h3-10,19H,11H2,1-2H3,(H,17,20). The normalized spacial score (nSPS) is 11.0. The molecule has 0 heterocycles. The Morgan fingerprint density at radius 3 is 2.52 bits per heavy atom. The molecular weight excluding hydrogens is 316 g/mol. The molecule has 2 rings (SSSR count). The van der Waals surface area contributed by atoms with Gasteiger partial charge >= 0.3 is 6.03 Å². The zero-order chi connectivity index (χ0) is 17.0. The molecule has 2 N–H and O–H groups in total. The van der Waals surface area contributed by atoms with Crippen LogP contribution in [0.2, 0.25) is 0 Å². The molecule has 0 aliphatic heterocycles. The molecule has 2 aromatic rings. The van der Waals surface area contributed by atoms with Crippen LogP contribution in [0.5, 0.6) is 5.75 Å². The van der Waals surface area contributed by atoms with Crippen molar-refractivity contribution in [3.63, 3.8) is 0 Å². The molecule has 0 saturated carbocycles. The van der Waals surface area contributed by atoms with Gasteiger partial charge in [0.15, 0.2) is 9.84 Å². The van der Waals surface area contributed by atoms with E-state index in [1.54, 1.807) is 43.4 Å². The van der Waals surface area contributed by atoms with Crippen LogP contribution in [0.1, 0.15) is 5.56 Å². The largest absolute Gasteiger partial charge is 0.508 e. The predicted molar refractivity (Wildman–Crippen MR) is 88.1 cm³/mol. The summed E-state index contributed by atoms with van der Waals surface area (Å²) in [5, 5.41) is 12.4. The first-order chi connectivity index (χ1) is 10.8. The van der Waals surface area contributed by atoms with Gasteiger partial charge in [-0.25, -0.2) is 13.2 Å². The number of carbonyl (C=O) groups excluding carboxylic acids is 1. The van der Waals surface area contributed by atoms with Crippen LogP contribution in [-0.2, 0) is 16.4 Å². The lowest BCUT2D eigenvalue weighted by molar-refractivity contribution is 0.220. The maximum absolute atomic E-state index is 12.2. The van der Waals surface area contributed by atoms with Crippen LogP contribution in [0.4, 0.5) is 10.5 Å². The monoisotopic (exact) mass is 334 g/mol. The SMILES string of the molecule is CN(Cc1ccccc1O)C(=O)Nc1cccc(S(C)(=O)=O)c1. The van der Waals surface area contributed by atoms with Gasteiger partial charge < -0.3 is 15.3 Å². The van der Waals surface area contributed by atoms with Crippen LogP contribution < -0.4 is 5.32 Å². The number of aromatic hydroxyl groups is 1. The average molecular weight is 334 g/mol. The summed E-state index contributed by atoms with van der Waals surface area (Å²) < 4.78 is 23.1. The number of urea groups is 1. The Kier molecular flexibility index (Phi) is 4.90. The van der Waals surface area contributed by atoms with Crippen LogP contribution in [0, 0.1) is 0 Å². The third-order valence-electron chi connectivity index (χ3n) is 3.26. The van der Waals surface area contributed by atoms with Crippen LogP contribution in [0.25, 0.3) is 0 Å². The number of phenolic OH excluding ortho intramolecular Hbond substituents is 1. The topological polar surface area (TPSA) is 86.7 Å². The first kappa shape index (κ1) is 16.8. The van der Waals surface area contributed by atoms with Crippen molar-refractivity contribution in [1.82, 2.24) is 4.90 Å². The lowest BCUT2D eigenvalue weighted by Gasteiger charge is -2.18. The molecule has 0 aromatic heterocycles. The van der Waals surface area contributed by atoms with Crippen LogP contribution in [-0.4, -0.2) is 37.8 Å². The minimum absolute atomic E-state index is 0.117. The van der Waals surface area contributed by atoms with Crippen LogP contribution >= 0.6 is 0 Å². The van der Waals surface area contributed by atoms with E-state index in [2.05, 4.69) is 5.32 Å². The van der Waals surface area contributed by atoms with Crippen molar-refractivity contribution in [2.45, 2.75) is 11.4 Å². The Bertz CT molecular complexity index is 818. The summed E-state index contributed by atoms with van der Waals surface area (Å²) in [6, 6.07) is 12.4. The zero-order valence-electron chi connectivity index (χ0n) is 12.9. The number of phenols is 1. The number of para-hydroxylation sites is 1. The number of anilines is 1. The third kappa shape index (κ3) is 4.46. The fourth-order valence-corrected chi connectivity index (χ4v) is 2.66. The lowest BCUT2D eigenvalue weighted by atomic mass is 10.2. The van der Waals surface area contributed by atoms with E-state index < -0.39 is 15.9 Å². The number of sulfone groups is 1. The second-order valence-corrected chi connectivity index (χ2v) is 7.23. The summed E-state index contributed by atoms with van der Waals surface area (Å²) in [4.78, 5) is 13.7. The number of benzene rings is 2. The minimum Gasteiger partial charge on any atom is -0.508 e. The van der Waals surface area contributed by atoms with Crippen molar-refractivity contribution in [2.75, 3.05) is 18.6 Å². The van der Waals surface area contributed by atoms with E-state index in [0.29, 0.717) is 11.3 Å². The van der Waals surface area contributed by atoms with E-state index in [0.717, 1.165) is 6.26 Å². The number of nitrogens with zero attached hydrogens (tertiary/aromatic N) is 1. The molecule has 2 amide bonds. The number of amides is 2. The highest BCUT2D eigenvalue weighted by Crippen LogP contribution is 2.19. The molecule has 0 spiro atoms. The van der Waals surface area contributed by atoms with Gasteiger partial charge in [0.2, 0.25) is 0 Å². The molecule has 23 heavy (non-hydrogen) atoms. The molecule has 0 unspecified atom stereocenters. The zero-order valence-corrected chi connectivity index (χ0v) is 13.7. The van der Waals surface area contributed by atoms with E-state index in [1.807, 2.05) is 0 Å². The lowest BCUT2D eigenvalue weighted by Crippen LogP contribution is -2.30. The van der Waals surface area contributed by atoms with Crippen molar-refractivity contribution < 1.29 is 18.3 Å². The number of nitrogens with one attached hydrogen (secondary N) is 1. The minimum atomic E-state index is -3.33. The molecule has 2 aromatic carbocycles. The smallest absolute Gasteiger partial charge is 0.321 e. The number of hydrogen-bond acceptors (Lipinski definition) is 4. The maximum Gasteiger partial charge on any atom is 0.321 e. The molecular formula is C16H18N2O4S. The number of hydrogen-bond donors (Lipinski definition) is 2. The van der Waals surface area contributed by atoms with Gasteiger partial charge in [-0.15, -0.1) is 0 Å². The second-order valence-electron chi connectivity index (χ2n) is 5.21. The van der Waals surface area contributed by atoms with E-state index >= 15 is 0 Å². The van der Waals surface area contributed by atoms with Crippen LogP contribution in [0.15, 0.2) is 53.4 Å². The predicted octanol–water partition coefficient (Wildman–Crippen LogP) is 2.46. The van der Waals surface area contributed by atoms with Gasteiger partial charge in [0, 0.05) is 24.6 Å². The highest BCUT2D eigenvalue weighted by atomic mass is 32.2. The van der Waals surface area contributed by atoms with Crippen molar-refractivity contribution in [1.29, 1.82) is 0 Å². The quantitative estimate of drug-likeness (QED) is 0.899. The Morgan fingerprint density at radius 2 is 1.87 bits per heavy atom. The molecule has 0 saturated heterocycles. The van der Waals surface area contributed by atoms with E-state index in [1.165, 1.54) is 17.0 Å². The van der Waals surface area contributed by atoms with Gasteiger partial charge in [0.1, 0.15) is 5.75 Å². The van der Waals surface area contributed by atoms with Gasteiger partial charge in [-0.3, -0.25) is 0 Å². The van der Waals surface area contributed by atoms with Gasteiger partial charge in [0.05, 0.1) is 11.4 Å². The molecule has 0 atom stereocenters. The fourth-order valence-electron chi connectivity index (χ4n) is 2.00. The Morgan fingerprint density at radius 1 is 1.17 bits per heavy atom. The molecule has 0 bridgehead atoms. The second kappa shape index (κ2) is 6.70. The first-order valence-electron chi connectivity index (χ1n) is 6.86. The summed E-state index contributed by atoms with van der Waals surface area (Å²) >= 11 is 0. The summed E-state index contributed by atoms with van der Waals surface area (Å²) in [6.45, 7) is 0.226. The molecule has 0 aliphatic carbocycles. The Balaban J connectivity index is 2.08. The summed E-state index contributed by atoms with van der Waals surface area (Å²) in [5.74, 6) is 0.117. The van der Waals surface area contributed by atoms with Crippen molar-refractivity contribution in [3.05, 3.63) is 54.1 Å². The Hall–Kier alpha value is -2.54. The molecule has 0 fully saturated rings. The van der Waals surface area contributed by atoms with E-state index in [9.17, 15) is 18.3 Å². The maximum atomic E-state index is 12.2. The molecule has 6 nitrogen and oxygen atoms in total. The van der Waals surface area contributed by atoms with Crippen LogP contribution in [0.3, 0.4) is 0 Å². The van der Waals surface area contributed by atoms with Gasteiger partial charge in [-0.1, -0.05) is 24.3 Å². The fraction of sp³-hybridized carbons (Fsp3) is 0.188. The third-order valence-corrected chi connectivity index (χ3v) is 4.37. The number of rotatable bonds is 4. The average Bonchev–Trinajstić information content (AvgIpc) is 2.49. The molecule has 0 radical (unpaired) electrons. The summed E-state index contributed by atoms with van der Waals surface area (Å²) in [5.41, 5.74) is 1.01. The Labute approximate surface area is 135 Å². The molecule has 0 aliphatic rings. The highest BCUT2D eigenvalue weighted by Gasteiger charge is 2.13. The van der Waals surface area contributed by atoms with E-state index in [4.69, 9.17) is 0 Å². The highest BCUT2D eigenvalue weighted by molar-refractivity contribution is 7.90. The summed E-state index contributed by atoms with van der Waals surface area (Å²) in [7, 11) is -1.75. The van der Waals surface area contributed by atoms with Gasteiger partial charge in [-0.2, -0.15) is 0 Å². The summed E-state index contributed by atoms with van der Waals surface area (Å²) in [6.07, 6.45) is 1.11. The van der Waals surface area contributed by atoms with Gasteiger partial charge in [0.25, 0.3) is 0 Å². The molecule has 7 heteroatoms. The van der Waals surface area contributed by atoms with Crippen molar-refractivity contribution in [2.24, 2.45) is 0 Å². The van der Waals surface area contributed by atoms with Crippen molar-refractivity contribution in [3.8, 4) is 5.75 Å². The molecule has 122 valence electrons. The van der Waals surface area contributed by atoms with Crippen molar-refractivity contribution >= 4 is 21.6 Å². The van der Waals surface area contributed by atoms with E-state index in [-0.39, 0.29) is 17.2 Å². The number of carbonyl (C=O) groups is 1. The first-order valence-corrected chi connectivity index (χ1v) is 8.75. The van der Waals surface area contributed by atoms with Gasteiger partial charge in [-0.05, 0) is 24.3 Å².